The molecule has 3 rings (SSSR count). The van der Waals surface area contributed by atoms with Crippen molar-refractivity contribution < 1.29 is 5.21 Å². The lowest BCUT2D eigenvalue weighted by Crippen LogP contribution is -2.18. The van der Waals surface area contributed by atoms with Crippen LogP contribution in [0, 0.1) is 6.92 Å². The van der Waals surface area contributed by atoms with Gasteiger partial charge in [-0.3, -0.25) is 4.79 Å². The Kier molecular flexibility index (Phi) is 5.68. The quantitative estimate of drug-likeness (QED) is 0.371. The highest BCUT2D eigenvalue weighted by Gasteiger charge is 2.22. The summed E-state index contributed by atoms with van der Waals surface area (Å²) in [4.78, 5) is 17.1. The third-order valence-electron chi connectivity index (χ3n) is 4.31. The first-order valence-corrected chi connectivity index (χ1v) is 9.70. The number of hydrogen-bond donors (Lipinski definition) is 1. The van der Waals surface area contributed by atoms with Crippen LogP contribution in [0.15, 0.2) is 62.5 Å². The van der Waals surface area contributed by atoms with E-state index in [-0.39, 0.29) is 11.5 Å². The fraction of sp³-hybridized carbons (Fsp3) is 0.211. The summed E-state index contributed by atoms with van der Waals surface area (Å²) >= 11 is 5.06. The average molecular weight is 432 g/mol. The molecule has 3 aromatic rings. The van der Waals surface area contributed by atoms with Crippen molar-refractivity contribution in [2.45, 2.75) is 19.3 Å². The Balaban J connectivity index is 2.01. The second kappa shape index (κ2) is 7.97. The molecule has 0 aliphatic carbocycles. The number of rotatable bonds is 5. The smallest absolute Gasteiger partial charge is 0.250 e. The number of pyridine rings is 1. The molecule has 1 aromatic carbocycles. The fourth-order valence-electron chi connectivity index (χ4n) is 2.88. The number of halogens is 1. The van der Waals surface area contributed by atoms with Crippen LogP contribution in [0.4, 0.5) is 0 Å². The van der Waals surface area contributed by atoms with E-state index >= 15 is 0 Å². The second-order valence-electron chi connectivity index (χ2n) is 6.02. The number of hydrogen-bond acceptors (Lipinski definition) is 5. The fourth-order valence-corrected chi connectivity index (χ4v) is 4.07. The van der Waals surface area contributed by atoms with Crippen LogP contribution in [0.3, 0.4) is 0 Å². The number of aryl methyl sites for hydroxylation is 2. The monoisotopic (exact) mass is 431 g/mol. The van der Waals surface area contributed by atoms with Crippen LogP contribution in [0.1, 0.15) is 34.0 Å². The van der Waals surface area contributed by atoms with Gasteiger partial charge in [0.1, 0.15) is 0 Å². The van der Waals surface area contributed by atoms with Crippen LogP contribution < -0.4 is 5.56 Å². The van der Waals surface area contributed by atoms with Crippen LogP contribution in [-0.2, 0) is 7.05 Å². The SMILES string of the molecule is Cc1ncsc1C(C/C(=N/O)c1ccc(=O)n(C)c1)c1ccc(Br)cc1. The molecular formula is C19H18BrN3O2S. The molecule has 2 aromatic heterocycles. The molecule has 0 radical (unpaired) electrons. The first-order chi connectivity index (χ1) is 12.5. The zero-order valence-corrected chi connectivity index (χ0v) is 16.8. The average Bonchev–Trinajstić information content (AvgIpc) is 3.05. The number of benzene rings is 1. The molecule has 1 N–H and O–H groups in total. The van der Waals surface area contributed by atoms with Gasteiger partial charge in [0, 0.05) is 46.6 Å². The Morgan fingerprint density at radius 3 is 2.62 bits per heavy atom. The number of thiazole rings is 1. The summed E-state index contributed by atoms with van der Waals surface area (Å²) in [6.45, 7) is 1.99. The molecule has 2 heterocycles. The predicted molar refractivity (Wildman–Crippen MR) is 107 cm³/mol. The number of oxime groups is 1. The van der Waals surface area contributed by atoms with Crippen LogP contribution in [0.25, 0.3) is 0 Å². The van der Waals surface area contributed by atoms with E-state index in [0.29, 0.717) is 12.1 Å². The van der Waals surface area contributed by atoms with Gasteiger partial charge in [-0.2, -0.15) is 0 Å². The lowest BCUT2D eigenvalue weighted by atomic mass is 9.89. The highest BCUT2D eigenvalue weighted by Crippen LogP contribution is 2.34. The minimum absolute atomic E-state index is 0.0127. The van der Waals surface area contributed by atoms with Gasteiger partial charge < -0.3 is 9.77 Å². The van der Waals surface area contributed by atoms with Gasteiger partial charge >= 0.3 is 0 Å². The predicted octanol–water partition coefficient (Wildman–Crippen LogP) is 4.31. The molecule has 1 unspecified atom stereocenters. The van der Waals surface area contributed by atoms with Crippen LogP contribution >= 0.6 is 27.3 Å². The maximum Gasteiger partial charge on any atom is 0.250 e. The Bertz CT molecular complexity index is 993. The third kappa shape index (κ3) is 3.94. The maximum atomic E-state index is 11.6. The molecule has 0 amide bonds. The van der Waals surface area contributed by atoms with Gasteiger partial charge in [-0.05, 0) is 30.7 Å². The van der Waals surface area contributed by atoms with Gasteiger partial charge in [-0.25, -0.2) is 4.98 Å². The molecule has 5 nitrogen and oxygen atoms in total. The molecule has 0 saturated carbocycles. The van der Waals surface area contributed by atoms with E-state index in [2.05, 4.69) is 38.2 Å². The third-order valence-corrected chi connectivity index (χ3v) is 5.88. The van der Waals surface area contributed by atoms with Crippen molar-refractivity contribution in [3.63, 3.8) is 0 Å². The van der Waals surface area contributed by atoms with Crippen molar-refractivity contribution in [3.8, 4) is 0 Å². The van der Waals surface area contributed by atoms with Crippen molar-refractivity contribution in [2.75, 3.05) is 0 Å². The molecule has 0 spiro atoms. The van der Waals surface area contributed by atoms with Crippen molar-refractivity contribution in [2.24, 2.45) is 12.2 Å². The van der Waals surface area contributed by atoms with E-state index in [1.165, 1.54) is 10.6 Å². The Labute approximate surface area is 163 Å². The van der Waals surface area contributed by atoms with Crippen molar-refractivity contribution >= 4 is 33.0 Å². The lowest BCUT2D eigenvalue weighted by Gasteiger charge is -2.18. The number of nitrogens with zero attached hydrogens (tertiary/aromatic N) is 3. The van der Waals surface area contributed by atoms with E-state index in [4.69, 9.17) is 0 Å². The summed E-state index contributed by atoms with van der Waals surface area (Å²) in [6.07, 6.45) is 2.19. The minimum atomic E-state index is -0.103. The topological polar surface area (TPSA) is 67.5 Å². The van der Waals surface area contributed by atoms with Gasteiger partial charge in [0.15, 0.2) is 0 Å². The molecule has 0 aliphatic heterocycles. The first-order valence-electron chi connectivity index (χ1n) is 8.03. The highest BCUT2D eigenvalue weighted by atomic mass is 79.9. The molecule has 134 valence electrons. The summed E-state index contributed by atoms with van der Waals surface area (Å²) in [5, 5.41) is 13.2. The van der Waals surface area contributed by atoms with Gasteiger partial charge in [0.05, 0.1) is 16.9 Å². The molecule has 26 heavy (non-hydrogen) atoms. The standard InChI is InChI=1S/C19H18BrN3O2S/c1-12-19(26-11-21-12)16(13-3-6-15(20)7-4-13)9-17(22-25)14-5-8-18(24)23(2)10-14/h3-8,10-11,16,25H,9H2,1-2H3/b22-17-. The van der Waals surface area contributed by atoms with Crippen molar-refractivity contribution in [1.82, 2.24) is 9.55 Å². The highest BCUT2D eigenvalue weighted by molar-refractivity contribution is 9.10. The van der Waals surface area contributed by atoms with Gasteiger partial charge in [0.2, 0.25) is 5.56 Å². The van der Waals surface area contributed by atoms with Crippen molar-refractivity contribution in [3.05, 3.63) is 84.6 Å². The van der Waals surface area contributed by atoms with Gasteiger partial charge in [-0.1, -0.05) is 33.2 Å². The Hall–Kier alpha value is -2.25. The summed E-state index contributed by atoms with van der Waals surface area (Å²) in [5.74, 6) is 0.0127. The second-order valence-corrected chi connectivity index (χ2v) is 7.83. The largest absolute Gasteiger partial charge is 0.411 e. The van der Waals surface area contributed by atoms with Gasteiger partial charge in [0.25, 0.3) is 0 Å². The van der Waals surface area contributed by atoms with Crippen LogP contribution in [0.2, 0.25) is 0 Å². The zero-order chi connectivity index (χ0) is 18.7. The maximum absolute atomic E-state index is 11.6. The Morgan fingerprint density at radius 2 is 2.04 bits per heavy atom. The summed E-state index contributed by atoms with van der Waals surface area (Å²) in [6, 6.07) is 11.3. The van der Waals surface area contributed by atoms with Crippen LogP contribution in [0.5, 0.6) is 0 Å². The molecule has 0 bridgehead atoms. The summed E-state index contributed by atoms with van der Waals surface area (Å²) in [5.41, 5.74) is 5.07. The van der Waals surface area contributed by atoms with Crippen molar-refractivity contribution in [1.29, 1.82) is 0 Å². The summed E-state index contributed by atoms with van der Waals surface area (Å²) in [7, 11) is 1.68. The van der Waals surface area contributed by atoms with E-state index in [1.807, 2.05) is 24.6 Å². The molecule has 0 fully saturated rings. The summed E-state index contributed by atoms with van der Waals surface area (Å²) < 4.78 is 2.49. The molecule has 0 saturated heterocycles. The van der Waals surface area contributed by atoms with Gasteiger partial charge in [-0.15, -0.1) is 11.3 Å². The molecule has 0 aliphatic rings. The van der Waals surface area contributed by atoms with E-state index in [1.54, 1.807) is 30.6 Å². The zero-order valence-electron chi connectivity index (χ0n) is 14.4. The minimum Gasteiger partial charge on any atom is -0.411 e. The Morgan fingerprint density at radius 1 is 1.31 bits per heavy atom. The molecular weight excluding hydrogens is 414 g/mol. The van der Waals surface area contributed by atoms with E-state index < -0.39 is 0 Å². The van der Waals surface area contributed by atoms with E-state index in [9.17, 15) is 10.0 Å². The van der Waals surface area contributed by atoms with E-state index in [0.717, 1.165) is 26.2 Å². The van der Waals surface area contributed by atoms with Crippen LogP contribution in [-0.4, -0.2) is 20.5 Å². The molecule has 7 heteroatoms. The number of aromatic nitrogens is 2. The first kappa shape index (κ1) is 18.5. The normalized spacial score (nSPS) is 13.0. The molecule has 1 atom stereocenters. The lowest BCUT2D eigenvalue weighted by molar-refractivity contribution is 0.317.